The predicted molar refractivity (Wildman–Crippen MR) is 91.6 cm³/mol. The molecule has 0 spiro atoms. The summed E-state index contributed by atoms with van der Waals surface area (Å²) in [6.45, 7) is 2.92. The minimum Gasteiger partial charge on any atom is -0.481 e. The van der Waals surface area contributed by atoms with Gasteiger partial charge in [-0.2, -0.15) is 5.10 Å². The second kappa shape index (κ2) is 7.20. The standard InChI is InChI=1S/C18H20N4O2/c1-3-10-24-17-6-4-15(5-7-17)12-21-8-9-22(18(23)14-21)16-11-19-20(2)13-16/h1,4-7,11,13H,8-10,12,14H2,2H3. The van der Waals surface area contributed by atoms with E-state index in [4.69, 9.17) is 11.2 Å². The Balaban J connectivity index is 1.56. The number of amides is 1. The van der Waals surface area contributed by atoms with Crippen molar-refractivity contribution in [2.75, 3.05) is 31.1 Å². The monoisotopic (exact) mass is 324 g/mol. The number of rotatable bonds is 5. The molecule has 1 amide bonds. The van der Waals surface area contributed by atoms with Crippen LogP contribution in [0.1, 0.15) is 5.56 Å². The number of anilines is 1. The summed E-state index contributed by atoms with van der Waals surface area (Å²) in [5.41, 5.74) is 2.00. The molecule has 0 N–H and O–H groups in total. The Bertz CT molecular complexity index is 745. The smallest absolute Gasteiger partial charge is 0.241 e. The molecule has 1 saturated heterocycles. The lowest BCUT2D eigenvalue weighted by Crippen LogP contribution is -2.50. The van der Waals surface area contributed by atoms with Crippen LogP contribution in [0.5, 0.6) is 5.75 Å². The molecule has 6 nitrogen and oxygen atoms in total. The van der Waals surface area contributed by atoms with Crippen LogP contribution in [-0.4, -0.2) is 46.8 Å². The Morgan fingerprint density at radius 2 is 2.08 bits per heavy atom. The van der Waals surface area contributed by atoms with Gasteiger partial charge in [0.2, 0.25) is 5.91 Å². The number of carbonyl (C=O) groups is 1. The van der Waals surface area contributed by atoms with Gasteiger partial charge < -0.3 is 9.64 Å². The molecule has 1 aliphatic heterocycles. The van der Waals surface area contributed by atoms with Crippen molar-refractivity contribution in [3.05, 3.63) is 42.2 Å². The third-order valence-electron chi connectivity index (χ3n) is 3.95. The highest BCUT2D eigenvalue weighted by molar-refractivity contribution is 5.95. The van der Waals surface area contributed by atoms with Gasteiger partial charge in [0.15, 0.2) is 0 Å². The van der Waals surface area contributed by atoms with E-state index in [1.165, 1.54) is 0 Å². The molecule has 1 aromatic heterocycles. The summed E-state index contributed by atoms with van der Waals surface area (Å²) in [7, 11) is 1.85. The first-order chi connectivity index (χ1) is 11.7. The van der Waals surface area contributed by atoms with Gasteiger partial charge in [0.1, 0.15) is 12.4 Å². The predicted octanol–water partition coefficient (Wildman–Crippen LogP) is 1.28. The zero-order valence-corrected chi connectivity index (χ0v) is 13.7. The topological polar surface area (TPSA) is 50.6 Å². The fraction of sp³-hybridized carbons (Fsp3) is 0.333. The average molecular weight is 324 g/mol. The van der Waals surface area contributed by atoms with Gasteiger partial charge in [-0.15, -0.1) is 6.42 Å². The van der Waals surface area contributed by atoms with Crippen LogP contribution in [0.15, 0.2) is 36.7 Å². The molecular weight excluding hydrogens is 304 g/mol. The molecule has 124 valence electrons. The van der Waals surface area contributed by atoms with Crippen molar-refractivity contribution in [1.29, 1.82) is 0 Å². The van der Waals surface area contributed by atoms with Gasteiger partial charge in [-0.1, -0.05) is 18.1 Å². The molecule has 2 aromatic rings. The molecule has 0 bridgehead atoms. The van der Waals surface area contributed by atoms with Gasteiger partial charge in [0.05, 0.1) is 18.4 Å². The third kappa shape index (κ3) is 3.76. The number of carbonyl (C=O) groups excluding carboxylic acids is 1. The second-order valence-corrected chi connectivity index (χ2v) is 5.76. The number of terminal acetylenes is 1. The lowest BCUT2D eigenvalue weighted by Gasteiger charge is -2.33. The fourth-order valence-corrected chi connectivity index (χ4v) is 2.75. The first kappa shape index (κ1) is 16.1. The Morgan fingerprint density at radius 3 is 2.71 bits per heavy atom. The molecule has 1 aromatic carbocycles. The number of aromatic nitrogens is 2. The van der Waals surface area contributed by atoms with Crippen LogP contribution >= 0.6 is 0 Å². The Hall–Kier alpha value is -2.78. The number of nitrogens with zero attached hydrogens (tertiary/aromatic N) is 4. The minimum absolute atomic E-state index is 0.100. The highest BCUT2D eigenvalue weighted by Gasteiger charge is 2.25. The molecule has 0 atom stereocenters. The van der Waals surface area contributed by atoms with Gasteiger partial charge in [-0.05, 0) is 17.7 Å². The maximum Gasteiger partial charge on any atom is 0.241 e. The van der Waals surface area contributed by atoms with Crippen LogP contribution in [0.3, 0.4) is 0 Å². The van der Waals surface area contributed by atoms with Crippen molar-refractivity contribution in [3.8, 4) is 18.1 Å². The summed E-state index contributed by atoms with van der Waals surface area (Å²) in [6, 6.07) is 7.81. The Kier molecular flexibility index (Phi) is 4.82. The normalized spacial score (nSPS) is 15.3. The van der Waals surface area contributed by atoms with Crippen molar-refractivity contribution in [1.82, 2.24) is 14.7 Å². The summed E-state index contributed by atoms with van der Waals surface area (Å²) in [6.07, 6.45) is 8.76. The number of hydrogen-bond acceptors (Lipinski definition) is 4. The number of benzene rings is 1. The molecule has 0 saturated carbocycles. The first-order valence-electron chi connectivity index (χ1n) is 7.82. The highest BCUT2D eigenvalue weighted by atomic mass is 16.5. The van der Waals surface area contributed by atoms with Crippen molar-refractivity contribution in [2.45, 2.75) is 6.54 Å². The van der Waals surface area contributed by atoms with Crippen LogP contribution < -0.4 is 9.64 Å². The molecule has 24 heavy (non-hydrogen) atoms. The van der Waals surface area contributed by atoms with Crippen molar-refractivity contribution in [3.63, 3.8) is 0 Å². The molecule has 0 aliphatic carbocycles. The number of ether oxygens (including phenoxy) is 1. The molecule has 0 radical (unpaired) electrons. The quantitative estimate of drug-likeness (QED) is 0.778. The highest BCUT2D eigenvalue weighted by Crippen LogP contribution is 2.18. The largest absolute Gasteiger partial charge is 0.481 e. The van der Waals surface area contributed by atoms with Crippen molar-refractivity contribution >= 4 is 11.6 Å². The summed E-state index contributed by atoms with van der Waals surface area (Å²) in [4.78, 5) is 16.3. The van der Waals surface area contributed by atoms with E-state index in [1.807, 2.05) is 37.5 Å². The zero-order valence-electron chi connectivity index (χ0n) is 13.7. The molecule has 1 fully saturated rings. The van der Waals surface area contributed by atoms with Crippen LogP contribution in [-0.2, 0) is 18.4 Å². The summed E-state index contributed by atoms with van der Waals surface area (Å²) >= 11 is 0. The first-order valence-corrected chi connectivity index (χ1v) is 7.82. The van der Waals surface area contributed by atoms with Crippen LogP contribution in [0.4, 0.5) is 5.69 Å². The second-order valence-electron chi connectivity index (χ2n) is 5.76. The fourth-order valence-electron chi connectivity index (χ4n) is 2.75. The lowest BCUT2D eigenvalue weighted by atomic mass is 10.2. The van der Waals surface area contributed by atoms with Crippen molar-refractivity contribution in [2.24, 2.45) is 7.05 Å². The van der Waals surface area contributed by atoms with Crippen LogP contribution in [0.25, 0.3) is 0 Å². The molecule has 3 rings (SSSR count). The van der Waals surface area contributed by atoms with E-state index in [-0.39, 0.29) is 12.5 Å². The number of aryl methyl sites for hydroxylation is 1. The van der Waals surface area contributed by atoms with Crippen molar-refractivity contribution < 1.29 is 9.53 Å². The van der Waals surface area contributed by atoms with E-state index in [0.717, 1.165) is 30.1 Å². The summed E-state index contributed by atoms with van der Waals surface area (Å²) < 4.78 is 7.07. The average Bonchev–Trinajstić information content (AvgIpc) is 3.00. The van der Waals surface area contributed by atoms with Gasteiger partial charge in [-0.25, -0.2) is 0 Å². The number of hydrogen-bond donors (Lipinski definition) is 0. The SMILES string of the molecule is C#CCOc1ccc(CN2CCN(c3cnn(C)c3)C(=O)C2)cc1. The molecule has 2 heterocycles. The maximum atomic E-state index is 12.4. The minimum atomic E-state index is 0.100. The maximum absolute atomic E-state index is 12.4. The number of piperazine rings is 1. The van der Waals surface area contributed by atoms with Gasteiger partial charge in [0, 0.05) is 32.9 Å². The van der Waals surface area contributed by atoms with Gasteiger partial charge >= 0.3 is 0 Å². The van der Waals surface area contributed by atoms with E-state index >= 15 is 0 Å². The van der Waals surface area contributed by atoms with E-state index in [9.17, 15) is 4.79 Å². The summed E-state index contributed by atoms with van der Waals surface area (Å²) in [5, 5.41) is 4.13. The lowest BCUT2D eigenvalue weighted by molar-refractivity contribution is -0.121. The van der Waals surface area contributed by atoms with E-state index < -0.39 is 0 Å². The van der Waals surface area contributed by atoms with E-state index in [0.29, 0.717) is 13.1 Å². The molecule has 0 unspecified atom stereocenters. The summed E-state index contributed by atoms with van der Waals surface area (Å²) in [5.74, 6) is 3.30. The zero-order chi connectivity index (χ0) is 16.9. The molecule has 6 heteroatoms. The van der Waals surface area contributed by atoms with E-state index in [2.05, 4.69) is 15.9 Å². The Labute approximate surface area is 141 Å². The third-order valence-corrected chi connectivity index (χ3v) is 3.95. The Morgan fingerprint density at radius 1 is 1.29 bits per heavy atom. The van der Waals surface area contributed by atoms with Gasteiger partial charge in [-0.3, -0.25) is 14.4 Å². The van der Waals surface area contributed by atoms with Crippen LogP contribution in [0.2, 0.25) is 0 Å². The molecule has 1 aliphatic rings. The van der Waals surface area contributed by atoms with Gasteiger partial charge in [0.25, 0.3) is 0 Å². The van der Waals surface area contributed by atoms with E-state index in [1.54, 1.807) is 15.8 Å². The van der Waals surface area contributed by atoms with Crippen LogP contribution in [0, 0.1) is 12.3 Å². The molecular formula is C18H20N4O2.